The van der Waals surface area contributed by atoms with Gasteiger partial charge in [-0.15, -0.1) is 11.3 Å². The smallest absolute Gasteiger partial charge is 0.305 e. The maximum absolute atomic E-state index is 13.4. The van der Waals surface area contributed by atoms with Crippen molar-refractivity contribution in [3.63, 3.8) is 0 Å². The van der Waals surface area contributed by atoms with Crippen molar-refractivity contribution in [3.05, 3.63) is 52.0 Å². The van der Waals surface area contributed by atoms with Crippen molar-refractivity contribution in [1.82, 2.24) is 26.3 Å². The standard InChI is InChI=1S/C29H39N5O6S/c1-18(2)25-29-33-22(17-41-29)28(39)32-21(16-19-10-5-4-6-11-19)26(37)30-15-8-7-12-20(27(38)34-25)31-23(35)13-9-14-24(36)40-3/h4-6,10-11,17-18,20-21,25H,7-9,12-16H2,1-3H3,(H,30,37)(H,31,35)(H,32,39)(H,34,38)/t20-,21+,25+/m0/s1. The van der Waals surface area contributed by atoms with Crippen molar-refractivity contribution in [1.29, 1.82) is 0 Å². The molecule has 2 aromatic rings. The molecule has 0 unspecified atom stereocenters. The van der Waals surface area contributed by atoms with E-state index in [4.69, 9.17) is 0 Å². The molecule has 0 radical (unpaired) electrons. The summed E-state index contributed by atoms with van der Waals surface area (Å²) < 4.78 is 4.61. The van der Waals surface area contributed by atoms with Gasteiger partial charge in [0.1, 0.15) is 22.8 Å². The molecule has 0 fully saturated rings. The van der Waals surface area contributed by atoms with Gasteiger partial charge in [0.25, 0.3) is 5.91 Å². The molecule has 3 atom stereocenters. The Morgan fingerprint density at radius 3 is 2.54 bits per heavy atom. The number of rotatable bonds is 8. The first-order chi connectivity index (χ1) is 19.7. The number of hydrogen-bond donors (Lipinski definition) is 4. The van der Waals surface area contributed by atoms with Gasteiger partial charge in [0.2, 0.25) is 17.7 Å². The Kier molecular flexibility index (Phi) is 12.3. The van der Waals surface area contributed by atoms with Gasteiger partial charge in [-0.2, -0.15) is 0 Å². The van der Waals surface area contributed by atoms with Gasteiger partial charge < -0.3 is 26.0 Å². The molecule has 1 aliphatic heterocycles. The normalized spacial score (nSPS) is 20.5. The lowest BCUT2D eigenvalue weighted by molar-refractivity contribution is -0.140. The van der Waals surface area contributed by atoms with Crippen molar-refractivity contribution in [3.8, 4) is 0 Å². The van der Waals surface area contributed by atoms with E-state index in [1.165, 1.54) is 18.4 Å². The molecule has 0 saturated heterocycles. The van der Waals surface area contributed by atoms with Gasteiger partial charge in [-0.05, 0) is 37.2 Å². The zero-order valence-corrected chi connectivity index (χ0v) is 24.6. The lowest BCUT2D eigenvalue weighted by Crippen LogP contribution is -2.49. The molecule has 12 heteroatoms. The van der Waals surface area contributed by atoms with Crippen LogP contribution in [0.15, 0.2) is 35.7 Å². The maximum atomic E-state index is 13.4. The number of fused-ring (bicyclic) bond motifs is 2. The lowest BCUT2D eigenvalue weighted by Gasteiger charge is -2.25. The topological polar surface area (TPSA) is 156 Å². The van der Waals surface area contributed by atoms with Gasteiger partial charge in [0.15, 0.2) is 0 Å². The second kappa shape index (κ2) is 15.8. The van der Waals surface area contributed by atoms with Crippen LogP contribution in [0.1, 0.15) is 79.5 Å². The molecule has 41 heavy (non-hydrogen) atoms. The molecule has 1 aromatic carbocycles. The second-order valence-corrected chi connectivity index (χ2v) is 11.2. The fourth-order valence-corrected chi connectivity index (χ4v) is 5.45. The van der Waals surface area contributed by atoms with E-state index in [0.29, 0.717) is 43.7 Å². The minimum Gasteiger partial charge on any atom is -0.469 e. The zero-order chi connectivity index (χ0) is 29.8. The van der Waals surface area contributed by atoms with E-state index in [1.807, 2.05) is 44.2 Å². The van der Waals surface area contributed by atoms with E-state index in [9.17, 15) is 24.0 Å². The SMILES string of the molecule is COC(=O)CCCC(=O)N[C@H]1CCCCNC(=O)[C@@H](Cc2ccccc2)NC(=O)c2csc(n2)[C@@H](C(C)C)NC1=O. The Morgan fingerprint density at radius 1 is 1.07 bits per heavy atom. The minimum atomic E-state index is -0.806. The molecule has 1 aliphatic rings. The van der Waals surface area contributed by atoms with Crippen LogP contribution in [0, 0.1) is 5.92 Å². The van der Waals surface area contributed by atoms with Crippen LogP contribution in [0.4, 0.5) is 0 Å². The highest BCUT2D eigenvalue weighted by atomic mass is 32.1. The second-order valence-electron chi connectivity index (χ2n) is 10.4. The van der Waals surface area contributed by atoms with E-state index in [0.717, 1.165) is 5.56 Å². The van der Waals surface area contributed by atoms with Crippen LogP contribution in [-0.2, 0) is 30.3 Å². The molecule has 0 spiro atoms. The molecule has 0 aliphatic carbocycles. The van der Waals surface area contributed by atoms with Crippen LogP contribution < -0.4 is 21.3 Å². The number of esters is 1. The number of benzene rings is 1. The highest BCUT2D eigenvalue weighted by molar-refractivity contribution is 7.09. The van der Waals surface area contributed by atoms with Gasteiger partial charge >= 0.3 is 5.97 Å². The number of nitrogens with one attached hydrogen (secondary N) is 4. The van der Waals surface area contributed by atoms with Gasteiger partial charge in [0.05, 0.1) is 13.2 Å². The summed E-state index contributed by atoms with van der Waals surface area (Å²) in [4.78, 5) is 68.1. The van der Waals surface area contributed by atoms with Gasteiger partial charge in [-0.1, -0.05) is 44.2 Å². The third-order valence-corrected chi connectivity index (χ3v) is 7.70. The van der Waals surface area contributed by atoms with Crippen LogP contribution in [0.25, 0.3) is 0 Å². The largest absolute Gasteiger partial charge is 0.469 e. The Balaban J connectivity index is 1.79. The molecule has 2 heterocycles. The van der Waals surface area contributed by atoms with Crippen LogP contribution >= 0.6 is 11.3 Å². The minimum absolute atomic E-state index is 0.0482. The summed E-state index contributed by atoms with van der Waals surface area (Å²) in [6.07, 6.45) is 2.32. The summed E-state index contributed by atoms with van der Waals surface area (Å²) >= 11 is 1.25. The van der Waals surface area contributed by atoms with Crippen molar-refractivity contribution < 1.29 is 28.7 Å². The highest BCUT2D eigenvalue weighted by Crippen LogP contribution is 2.26. The Morgan fingerprint density at radius 2 is 1.83 bits per heavy atom. The third kappa shape index (κ3) is 9.96. The Hall–Kier alpha value is -3.80. The van der Waals surface area contributed by atoms with Crippen molar-refractivity contribution in [2.24, 2.45) is 5.92 Å². The lowest BCUT2D eigenvalue weighted by atomic mass is 10.0. The summed E-state index contributed by atoms with van der Waals surface area (Å²) in [7, 11) is 1.29. The number of hydrogen-bond acceptors (Lipinski definition) is 8. The number of carbonyl (C=O) groups is 5. The molecule has 4 N–H and O–H groups in total. The Labute approximate surface area is 244 Å². The molecule has 3 rings (SSSR count). The molecular formula is C29H39N5O6S. The number of thiazole rings is 1. The van der Waals surface area contributed by atoms with Gasteiger partial charge in [-0.3, -0.25) is 24.0 Å². The number of aromatic nitrogens is 1. The monoisotopic (exact) mass is 585 g/mol. The van der Waals surface area contributed by atoms with Crippen molar-refractivity contribution in [2.75, 3.05) is 13.7 Å². The van der Waals surface area contributed by atoms with Crippen LogP contribution in [0.3, 0.4) is 0 Å². The molecular weight excluding hydrogens is 546 g/mol. The van der Waals surface area contributed by atoms with Gasteiger partial charge in [-0.25, -0.2) is 4.98 Å². The predicted octanol–water partition coefficient (Wildman–Crippen LogP) is 2.43. The fraction of sp³-hybridized carbons (Fsp3) is 0.517. The predicted molar refractivity (Wildman–Crippen MR) is 154 cm³/mol. The first kappa shape index (κ1) is 31.7. The number of methoxy groups -OCH3 is 1. The third-order valence-electron chi connectivity index (χ3n) is 6.77. The fourth-order valence-electron chi connectivity index (χ4n) is 4.43. The molecule has 4 amide bonds. The van der Waals surface area contributed by atoms with E-state index < -0.39 is 30.0 Å². The first-order valence-corrected chi connectivity index (χ1v) is 14.8. The van der Waals surface area contributed by atoms with Crippen LogP contribution in [0.5, 0.6) is 0 Å². The molecule has 11 nitrogen and oxygen atoms in total. The molecule has 1 aromatic heterocycles. The summed E-state index contributed by atoms with van der Waals surface area (Å²) in [5.74, 6) is -1.92. The maximum Gasteiger partial charge on any atom is 0.305 e. The van der Waals surface area contributed by atoms with Crippen LogP contribution in [0.2, 0.25) is 0 Å². The number of carbonyl (C=O) groups excluding carboxylic acids is 5. The van der Waals surface area contributed by atoms with E-state index in [1.54, 1.807) is 5.38 Å². The molecule has 2 bridgehead atoms. The molecule has 0 saturated carbocycles. The van der Waals surface area contributed by atoms with Crippen molar-refractivity contribution in [2.45, 2.75) is 76.9 Å². The summed E-state index contributed by atoms with van der Waals surface area (Å²) in [6, 6.07) is 7.37. The number of amides is 4. The number of ether oxygens (including phenoxy) is 1. The average Bonchev–Trinajstić information content (AvgIpc) is 3.44. The summed E-state index contributed by atoms with van der Waals surface area (Å²) in [6.45, 7) is 4.22. The quantitative estimate of drug-likeness (QED) is 0.347. The number of nitrogens with zero attached hydrogens (tertiary/aromatic N) is 1. The van der Waals surface area contributed by atoms with E-state index in [2.05, 4.69) is 31.0 Å². The van der Waals surface area contributed by atoms with E-state index in [-0.39, 0.29) is 42.2 Å². The zero-order valence-electron chi connectivity index (χ0n) is 23.7. The Bertz CT molecular complexity index is 1200. The van der Waals surface area contributed by atoms with Crippen molar-refractivity contribution >= 4 is 40.9 Å². The van der Waals surface area contributed by atoms with Gasteiger partial charge in [0, 0.05) is 31.2 Å². The highest BCUT2D eigenvalue weighted by Gasteiger charge is 2.29. The van der Waals surface area contributed by atoms with Crippen LogP contribution in [-0.4, -0.2) is 60.3 Å². The first-order valence-electron chi connectivity index (χ1n) is 13.9. The van der Waals surface area contributed by atoms with E-state index >= 15 is 0 Å². The molecule has 222 valence electrons. The average molecular weight is 586 g/mol. The summed E-state index contributed by atoms with van der Waals surface area (Å²) in [5.41, 5.74) is 1.08. The summed E-state index contributed by atoms with van der Waals surface area (Å²) in [5, 5.41) is 13.7.